The van der Waals surface area contributed by atoms with E-state index in [1.54, 1.807) is 22.9 Å². The average Bonchev–Trinajstić information content (AvgIpc) is 3.14. The molecule has 3 heterocycles. The third-order valence-electron chi connectivity index (χ3n) is 10.0. The van der Waals surface area contributed by atoms with Crippen LogP contribution in [-0.2, 0) is 49.7 Å². The first-order valence-electron chi connectivity index (χ1n) is 15.6. The molecule has 3 aromatic rings. The number of aromatic nitrogens is 3. The van der Waals surface area contributed by atoms with Crippen LogP contribution < -0.4 is 4.90 Å². The summed E-state index contributed by atoms with van der Waals surface area (Å²) in [6, 6.07) is 13.7. The number of aryl methyl sites for hydroxylation is 1. The predicted molar refractivity (Wildman–Crippen MR) is 163 cm³/mol. The van der Waals surface area contributed by atoms with E-state index in [9.17, 15) is 10.1 Å². The third-order valence-corrected chi connectivity index (χ3v) is 10.0. The lowest BCUT2D eigenvalue weighted by molar-refractivity contribution is 0.0165. The molecule has 2 fully saturated rings. The monoisotopic (exact) mass is 604 g/mol. The molecule has 1 saturated carbocycles. The van der Waals surface area contributed by atoms with Crippen LogP contribution in [0.15, 0.2) is 36.4 Å². The molecular weight excluding hydrogens is 562 g/mol. The molecule has 0 radical (unpaired) electrons. The Balaban J connectivity index is 1.29. The standard InChI is InChI=1S/C34H42F2N6O2/c1-33(35,36)30-13-24(20-41-11-6-5-8-23(19-41)22-44-4)12-28-29(30)21-42(32(28)43)27-10-7-9-26(14-27)34(15-25(16-34)18-37)17-31-38-40(3)39(31)2/h7,9-10,12-14,23,25H,5-6,8,11,15-17,19-22H2,1-4H3. The van der Waals surface area contributed by atoms with Crippen LogP contribution in [0.2, 0.25) is 0 Å². The maximum atomic E-state index is 15.1. The van der Waals surface area contributed by atoms with Crippen LogP contribution in [0.1, 0.15) is 77.5 Å². The number of amides is 1. The summed E-state index contributed by atoms with van der Waals surface area (Å²) in [5.41, 5.74) is 2.92. The van der Waals surface area contributed by atoms with Crippen molar-refractivity contribution < 1.29 is 18.3 Å². The normalized spacial score (nSPS) is 24.2. The number of fused-ring (bicyclic) bond motifs is 1. The number of benzene rings is 2. The highest BCUT2D eigenvalue weighted by atomic mass is 19.3. The van der Waals surface area contributed by atoms with Crippen LogP contribution in [-0.4, -0.2) is 52.2 Å². The number of nitriles is 1. The SMILES string of the molecule is COCC1CCCCN(Cc2cc3c(c(C(C)(F)F)c2)CN(c2cccc(C4(Cc5nn(C)n5C)CC(C#N)C4)c2)C3=O)C1. The highest BCUT2D eigenvalue weighted by Gasteiger charge is 2.47. The molecule has 3 aliphatic rings. The first-order valence-corrected chi connectivity index (χ1v) is 15.6. The first kappa shape index (κ1) is 30.5. The summed E-state index contributed by atoms with van der Waals surface area (Å²) in [6.07, 6.45) is 5.41. The number of carbonyl (C=O) groups excluding carboxylic acids is 1. The van der Waals surface area contributed by atoms with E-state index in [-0.39, 0.29) is 29.3 Å². The summed E-state index contributed by atoms with van der Waals surface area (Å²) in [6.45, 7) is 3.98. The van der Waals surface area contributed by atoms with Crippen LogP contribution in [0.25, 0.3) is 0 Å². The van der Waals surface area contributed by atoms with Crippen molar-refractivity contribution in [3.05, 3.63) is 70.0 Å². The van der Waals surface area contributed by atoms with Gasteiger partial charge in [0.25, 0.3) is 11.8 Å². The van der Waals surface area contributed by atoms with Crippen molar-refractivity contribution in [2.24, 2.45) is 25.9 Å². The number of alkyl halides is 2. The van der Waals surface area contributed by atoms with E-state index in [2.05, 4.69) is 22.1 Å². The van der Waals surface area contributed by atoms with Crippen molar-refractivity contribution in [2.75, 3.05) is 31.7 Å². The van der Waals surface area contributed by atoms with Crippen LogP contribution in [0.3, 0.4) is 0 Å². The lowest BCUT2D eigenvalue weighted by Crippen LogP contribution is -2.45. The molecule has 2 aliphatic heterocycles. The lowest BCUT2D eigenvalue weighted by Gasteiger charge is -2.46. The number of likely N-dealkylation sites (tertiary alicyclic amines) is 1. The second-order valence-corrected chi connectivity index (χ2v) is 13.3. The molecule has 6 rings (SSSR count). The van der Waals surface area contributed by atoms with Crippen LogP contribution in [0, 0.1) is 23.2 Å². The van der Waals surface area contributed by atoms with Gasteiger partial charge in [-0.15, -0.1) is 5.10 Å². The Labute approximate surface area is 258 Å². The van der Waals surface area contributed by atoms with Gasteiger partial charge >= 0.3 is 0 Å². The summed E-state index contributed by atoms with van der Waals surface area (Å²) in [4.78, 5) is 19.7. The molecule has 1 aliphatic carbocycles. The third kappa shape index (κ3) is 5.68. The van der Waals surface area contributed by atoms with Crippen molar-refractivity contribution in [3.63, 3.8) is 0 Å². The topological polar surface area (TPSA) is 79.3 Å². The molecule has 8 nitrogen and oxygen atoms in total. The Bertz CT molecular complexity index is 1570. The summed E-state index contributed by atoms with van der Waals surface area (Å²) in [5, 5.41) is 14.1. The van der Waals surface area contributed by atoms with Gasteiger partial charge in [-0.3, -0.25) is 14.4 Å². The predicted octanol–water partition coefficient (Wildman–Crippen LogP) is 5.69. The van der Waals surface area contributed by atoms with Gasteiger partial charge in [-0.05, 0) is 79.1 Å². The number of anilines is 1. The fourth-order valence-electron chi connectivity index (χ4n) is 7.59. The Hall–Kier alpha value is -3.55. The largest absolute Gasteiger partial charge is 0.384 e. The maximum Gasteiger partial charge on any atom is 0.270 e. The number of ether oxygens (including phenoxy) is 1. The number of hydrogen-bond donors (Lipinski definition) is 0. The van der Waals surface area contributed by atoms with Gasteiger partial charge in [0.2, 0.25) is 0 Å². The van der Waals surface area contributed by atoms with Crippen LogP contribution in [0.5, 0.6) is 0 Å². The number of rotatable bonds is 9. The molecule has 0 spiro atoms. The highest BCUT2D eigenvalue weighted by Crippen LogP contribution is 2.50. The minimum Gasteiger partial charge on any atom is -0.384 e. The van der Waals surface area contributed by atoms with E-state index < -0.39 is 5.92 Å². The van der Waals surface area contributed by atoms with Gasteiger partial charge in [-0.2, -0.15) is 5.26 Å². The minimum absolute atomic E-state index is 0.0261. The Morgan fingerprint density at radius 3 is 2.66 bits per heavy atom. The molecule has 10 heteroatoms. The van der Waals surface area contributed by atoms with Crippen molar-refractivity contribution in [1.82, 2.24) is 19.5 Å². The quantitative estimate of drug-likeness (QED) is 0.314. The summed E-state index contributed by atoms with van der Waals surface area (Å²) >= 11 is 0. The molecule has 1 atom stereocenters. The second-order valence-electron chi connectivity index (χ2n) is 13.3. The zero-order valence-corrected chi connectivity index (χ0v) is 26.2. The first-order chi connectivity index (χ1) is 21.0. The fraction of sp³-hybridized carbons (Fsp3) is 0.559. The number of hydrogen-bond acceptors (Lipinski definition) is 5. The number of nitrogens with zero attached hydrogens (tertiary/aromatic N) is 6. The molecule has 1 unspecified atom stereocenters. The lowest BCUT2D eigenvalue weighted by atomic mass is 9.57. The van der Waals surface area contributed by atoms with E-state index in [0.717, 1.165) is 69.1 Å². The van der Waals surface area contributed by atoms with Gasteiger partial charge < -0.3 is 9.64 Å². The second kappa shape index (κ2) is 11.8. The van der Waals surface area contributed by atoms with Gasteiger partial charge in [0.15, 0.2) is 0 Å². The van der Waals surface area contributed by atoms with Crippen molar-refractivity contribution >= 4 is 11.6 Å². The van der Waals surface area contributed by atoms with Crippen molar-refractivity contribution in [2.45, 2.75) is 69.9 Å². The average molecular weight is 605 g/mol. The summed E-state index contributed by atoms with van der Waals surface area (Å²) in [7, 11) is 5.57. The Morgan fingerprint density at radius 2 is 1.98 bits per heavy atom. The van der Waals surface area contributed by atoms with Gasteiger partial charge in [0, 0.05) is 75.8 Å². The van der Waals surface area contributed by atoms with E-state index in [1.807, 2.05) is 43.0 Å². The van der Waals surface area contributed by atoms with E-state index >= 15 is 8.78 Å². The zero-order chi connectivity index (χ0) is 31.2. The zero-order valence-electron chi connectivity index (χ0n) is 26.2. The molecule has 44 heavy (non-hydrogen) atoms. The van der Waals surface area contributed by atoms with Gasteiger partial charge in [-0.25, -0.2) is 13.6 Å². The van der Waals surface area contributed by atoms with Crippen molar-refractivity contribution in [1.29, 1.82) is 5.26 Å². The van der Waals surface area contributed by atoms with Crippen LogP contribution >= 0.6 is 0 Å². The molecule has 2 aromatic carbocycles. The number of carbonyl (C=O) groups is 1. The molecule has 0 bridgehead atoms. The highest BCUT2D eigenvalue weighted by molar-refractivity contribution is 6.10. The smallest absolute Gasteiger partial charge is 0.270 e. The van der Waals surface area contributed by atoms with Gasteiger partial charge in [0.1, 0.15) is 5.82 Å². The fourth-order valence-corrected chi connectivity index (χ4v) is 7.59. The molecule has 1 aromatic heterocycles. The number of halogens is 2. The van der Waals surface area contributed by atoms with Crippen molar-refractivity contribution in [3.8, 4) is 6.07 Å². The molecule has 1 amide bonds. The van der Waals surface area contributed by atoms with E-state index in [1.165, 1.54) is 0 Å². The summed E-state index contributed by atoms with van der Waals surface area (Å²) < 4.78 is 37.6. The molecule has 234 valence electrons. The number of methoxy groups -OCH3 is 1. The Morgan fingerprint density at radius 1 is 1.18 bits per heavy atom. The molecule has 0 N–H and O–H groups in total. The summed E-state index contributed by atoms with van der Waals surface area (Å²) in [5.74, 6) is -1.99. The Kier molecular flexibility index (Phi) is 8.14. The van der Waals surface area contributed by atoms with Gasteiger partial charge in [-0.1, -0.05) is 18.6 Å². The van der Waals surface area contributed by atoms with Crippen LogP contribution in [0.4, 0.5) is 14.5 Å². The van der Waals surface area contributed by atoms with E-state index in [4.69, 9.17) is 4.74 Å². The van der Waals surface area contributed by atoms with Gasteiger partial charge in [0.05, 0.1) is 19.2 Å². The van der Waals surface area contributed by atoms with E-state index in [0.29, 0.717) is 42.3 Å². The maximum absolute atomic E-state index is 15.1. The minimum atomic E-state index is -3.08. The molecular formula is C34H42F2N6O2. The molecule has 1 saturated heterocycles.